The molecule has 8 heteroatoms. The fraction of sp³-hybridized carbons (Fsp3) is 0.286. The minimum absolute atomic E-state index is 0.0443. The Hall–Kier alpha value is -2.41. The van der Waals surface area contributed by atoms with Crippen molar-refractivity contribution in [2.45, 2.75) is 13.8 Å². The van der Waals surface area contributed by atoms with Gasteiger partial charge in [-0.1, -0.05) is 11.6 Å². The number of fused-ring (bicyclic) bond motifs is 1. The molecule has 0 unspecified atom stereocenters. The lowest BCUT2D eigenvalue weighted by Crippen LogP contribution is -2.36. The van der Waals surface area contributed by atoms with E-state index in [1.165, 1.54) is 27.2 Å². The molecule has 0 spiro atoms. The van der Waals surface area contributed by atoms with E-state index >= 15 is 0 Å². The van der Waals surface area contributed by atoms with Gasteiger partial charge in [-0.05, 0) is 19.9 Å². The van der Waals surface area contributed by atoms with Crippen molar-refractivity contribution in [1.29, 1.82) is 0 Å². The third kappa shape index (κ3) is 2.80. The Morgan fingerprint density at radius 2 is 2.00 bits per heavy atom. The lowest BCUT2D eigenvalue weighted by atomic mass is 9.94. The van der Waals surface area contributed by atoms with Gasteiger partial charge >= 0.3 is 11.9 Å². The number of aliphatic carboxylic acids is 1. The maximum Gasteiger partial charge on any atom is 0.328 e. The van der Waals surface area contributed by atoms with E-state index in [0.29, 0.717) is 5.52 Å². The quantitative estimate of drug-likeness (QED) is 0.680. The molecule has 0 radical (unpaired) electrons. The van der Waals surface area contributed by atoms with Crippen LogP contribution in [-0.2, 0) is 9.59 Å². The standard InChI is InChI=1S/C14H13ClN2O5/c1-14(2,12(18)19)13(20)22-11-7(15)6-16-8-4-5-9(21-3)17-10(8)11/h4-6H,1-3H3,(H,18,19). The third-order valence-corrected chi connectivity index (χ3v) is 3.32. The predicted octanol–water partition coefficient (Wildman–Crippen LogP) is 2.31. The molecule has 1 N–H and O–H groups in total. The molecule has 0 aliphatic rings. The summed E-state index contributed by atoms with van der Waals surface area (Å²) in [4.78, 5) is 31.4. The maximum absolute atomic E-state index is 12.1. The Kier molecular flexibility index (Phi) is 4.18. The van der Waals surface area contributed by atoms with Gasteiger partial charge in [-0.3, -0.25) is 14.6 Å². The van der Waals surface area contributed by atoms with Crippen LogP contribution < -0.4 is 9.47 Å². The molecule has 2 aromatic heterocycles. The molecular weight excluding hydrogens is 312 g/mol. The van der Waals surface area contributed by atoms with Gasteiger partial charge in [0.15, 0.2) is 11.2 Å². The van der Waals surface area contributed by atoms with Crippen molar-refractivity contribution >= 4 is 34.6 Å². The number of carbonyl (C=O) groups is 2. The molecule has 2 heterocycles. The van der Waals surface area contributed by atoms with Crippen molar-refractivity contribution in [2.24, 2.45) is 5.41 Å². The Morgan fingerprint density at radius 3 is 2.59 bits per heavy atom. The van der Waals surface area contributed by atoms with Crippen LogP contribution in [0.4, 0.5) is 0 Å². The number of hydrogen-bond acceptors (Lipinski definition) is 6. The average Bonchev–Trinajstić information content (AvgIpc) is 2.49. The van der Waals surface area contributed by atoms with Crippen LogP contribution in [0.5, 0.6) is 11.6 Å². The number of aromatic nitrogens is 2. The number of nitrogens with zero attached hydrogens (tertiary/aromatic N) is 2. The molecule has 0 atom stereocenters. The van der Waals surface area contributed by atoms with Crippen LogP contribution in [-0.4, -0.2) is 34.1 Å². The second-order valence-corrected chi connectivity index (χ2v) is 5.38. The van der Waals surface area contributed by atoms with Gasteiger partial charge in [0.2, 0.25) is 5.88 Å². The van der Waals surface area contributed by atoms with Crippen LogP contribution >= 0.6 is 11.6 Å². The minimum atomic E-state index is -1.72. The molecule has 0 aliphatic carbocycles. The first-order valence-corrected chi connectivity index (χ1v) is 6.60. The van der Waals surface area contributed by atoms with Crippen molar-refractivity contribution in [3.63, 3.8) is 0 Å². The van der Waals surface area contributed by atoms with E-state index in [1.54, 1.807) is 12.1 Å². The van der Waals surface area contributed by atoms with Crippen LogP contribution in [0.2, 0.25) is 5.02 Å². The second-order valence-electron chi connectivity index (χ2n) is 4.98. The number of rotatable bonds is 4. The molecule has 0 amide bonds. The largest absolute Gasteiger partial charge is 0.481 e. The number of hydrogen-bond donors (Lipinski definition) is 1. The normalized spacial score (nSPS) is 11.3. The molecule has 0 saturated carbocycles. The van der Waals surface area contributed by atoms with Crippen LogP contribution in [0.15, 0.2) is 18.3 Å². The summed E-state index contributed by atoms with van der Waals surface area (Å²) in [6, 6.07) is 3.22. The summed E-state index contributed by atoms with van der Waals surface area (Å²) >= 11 is 6.00. The van der Waals surface area contributed by atoms with Gasteiger partial charge < -0.3 is 14.6 Å². The highest BCUT2D eigenvalue weighted by atomic mass is 35.5. The van der Waals surface area contributed by atoms with E-state index in [2.05, 4.69) is 9.97 Å². The number of carboxylic acids is 1. The molecule has 0 saturated heterocycles. The first-order chi connectivity index (χ1) is 10.3. The first-order valence-electron chi connectivity index (χ1n) is 6.22. The van der Waals surface area contributed by atoms with Crippen LogP contribution in [0.3, 0.4) is 0 Å². The molecule has 0 fully saturated rings. The fourth-order valence-electron chi connectivity index (χ4n) is 1.52. The maximum atomic E-state index is 12.1. The van der Waals surface area contributed by atoms with Crippen molar-refractivity contribution in [3.05, 3.63) is 23.4 Å². The highest BCUT2D eigenvalue weighted by molar-refractivity contribution is 6.33. The smallest absolute Gasteiger partial charge is 0.328 e. The van der Waals surface area contributed by atoms with E-state index in [0.717, 1.165) is 0 Å². The molecule has 0 aliphatic heterocycles. The molecule has 22 heavy (non-hydrogen) atoms. The lowest BCUT2D eigenvalue weighted by Gasteiger charge is -2.18. The zero-order chi connectivity index (χ0) is 16.5. The molecule has 7 nitrogen and oxygen atoms in total. The van der Waals surface area contributed by atoms with Gasteiger partial charge in [0.1, 0.15) is 10.5 Å². The van der Waals surface area contributed by atoms with Crippen LogP contribution in [0.1, 0.15) is 13.8 Å². The summed E-state index contributed by atoms with van der Waals surface area (Å²) < 4.78 is 10.2. The molecule has 0 aromatic carbocycles. The first kappa shape index (κ1) is 16.0. The summed E-state index contributed by atoms with van der Waals surface area (Å²) in [6.07, 6.45) is 1.30. The summed E-state index contributed by atoms with van der Waals surface area (Å²) in [7, 11) is 1.44. The minimum Gasteiger partial charge on any atom is -0.481 e. The van der Waals surface area contributed by atoms with E-state index in [4.69, 9.17) is 26.2 Å². The molecule has 2 aromatic rings. The predicted molar refractivity (Wildman–Crippen MR) is 78.2 cm³/mol. The summed E-state index contributed by atoms with van der Waals surface area (Å²) in [5, 5.41) is 9.12. The summed E-state index contributed by atoms with van der Waals surface area (Å²) in [5.74, 6) is -2.03. The number of pyridine rings is 2. The number of esters is 1. The molecular formula is C14H13ClN2O5. The van der Waals surface area contributed by atoms with Gasteiger partial charge in [-0.25, -0.2) is 4.98 Å². The van der Waals surface area contributed by atoms with Crippen molar-refractivity contribution < 1.29 is 24.2 Å². The van der Waals surface area contributed by atoms with Gasteiger partial charge in [0, 0.05) is 6.07 Å². The number of methoxy groups -OCH3 is 1. The van der Waals surface area contributed by atoms with E-state index in [1.807, 2.05) is 0 Å². The molecule has 0 bridgehead atoms. The Morgan fingerprint density at radius 1 is 1.32 bits per heavy atom. The van der Waals surface area contributed by atoms with E-state index in [9.17, 15) is 9.59 Å². The fourth-order valence-corrected chi connectivity index (χ4v) is 1.70. The van der Waals surface area contributed by atoms with Gasteiger partial charge in [0.05, 0.1) is 18.8 Å². The van der Waals surface area contributed by atoms with Crippen LogP contribution in [0, 0.1) is 5.41 Å². The Bertz CT molecular complexity index is 760. The lowest BCUT2D eigenvalue weighted by molar-refractivity contribution is -0.160. The number of carboxylic acid groups (broad SMARTS) is 1. The van der Waals surface area contributed by atoms with Gasteiger partial charge in [0.25, 0.3) is 0 Å². The van der Waals surface area contributed by atoms with Crippen molar-refractivity contribution in [3.8, 4) is 11.6 Å². The van der Waals surface area contributed by atoms with Crippen molar-refractivity contribution in [2.75, 3.05) is 7.11 Å². The highest BCUT2D eigenvalue weighted by Gasteiger charge is 2.38. The monoisotopic (exact) mass is 324 g/mol. The third-order valence-electron chi connectivity index (χ3n) is 3.05. The Labute approximate surface area is 130 Å². The van der Waals surface area contributed by atoms with Crippen molar-refractivity contribution in [1.82, 2.24) is 9.97 Å². The zero-order valence-corrected chi connectivity index (χ0v) is 12.8. The Balaban J connectivity index is 2.52. The van der Waals surface area contributed by atoms with E-state index < -0.39 is 17.4 Å². The SMILES string of the molecule is COc1ccc2ncc(Cl)c(OC(=O)C(C)(C)C(=O)O)c2n1. The zero-order valence-electron chi connectivity index (χ0n) is 12.1. The average molecular weight is 325 g/mol. The molecule has 116 valence electrons. The van der Waals surface area contributed by atoms with Gasteiger partial charge in [-0.2, -0.15) is 0 Å². The number of carbonyl (C=O) groups excluding carboxylic acids is 1. The summed E-state index contributed by atoms with van der Waals surface area (Å²) in [6.45, 7) is 2.48. The summed E-state index contributed by atoms with van der Waals surface area (Å²) in [5.41, 5.74) is -1.08. The second kappa shape index (κ2) is 5.76. The van der Waals surface area contributed by atoms with Crippen LogP contribution in [0.25, 0.3) is 11.0 Å². The van der Waals surface area contributed by atoms with Gasteiger partial charge in [-0.15, -0.1) is 0 Å². The molecule has 2 rings (SSSR count). The van der Waals surface area contributed by atoms with E-state index in [-0.39, 0.29) is 22.2 Å². The number of halogens is 1. The highest BCUT2D eigenvalue weighted by Crippen LogP contribution is 2.33. The number of ether oxygens (including phenoxy) is 2. The topological polar surface area (TPSA) is 98.6 Å².